The molecule has 0 spiro atoms. The van der Waals surface area contributed by atoms with E-state index in [1.54, 1.807) is 24.8 Å². The van der Waals surface area contributed by atoms with Gasteiger partial charge in [0.25, 0.3) is 0 Å². The van der Waals surface area contributed by atoms with Gasteiger partial charge in [-0.2, -0.15) is 13.2 Å². The molecule has 0 fully saturated rings. The van der Waals surface area contributed by atoms with E-state index in [9.17, 15) is 18.3 Å². The zero-order chi connectivity index (χ0) is 38.2. The molecule has 8 rings (SSSR count). The van der Waals surface area contributed by atoms with E-state index in [0.29, 0.717) is 0 Å². The first-order valence-electron chi connectivity index (χ1n) is 15.8. The Balaban J connectivity index is 0.000000172. The largest absolute Gasteiger partial charge is 0.872 e. The van der Waals surface area contributed by atoms with Crippen molar-refractivity contribution in [3.63, 3.8) is 0 Å². The van der Waals surface area contributed by atoms with Gasteiger partial charge >= 0.3 is 12.2 Å². The molecule has 0 aliphatic heterocycles. The zero-order valence-corrected chi connectivity index (χ0v) is 31.2. The summed E-state index contributed by atoms with van der Waals surface area (Å²) in [5, 5.41) is 32.3. The van der Waals surface area contributed by atoms with Gasteiger partial charge in [-0.1, -0.05) is 47.0 Å². The molecule has 0 unspecified atom stereocenters. The molecule has 0 aliphatic rings. The second-order valence-corrected chi connectivity index (χ2v) is 12.9. The molecule has 8 aromatic rings. The van der Waals surface area contributed by atoms with Gasteiger partial charge in [-0.3, -0.25) is 0 Å². The normalized spacial score (nSPS) is 11.3. The van der Waals surface area contributed by atoms with E-state index >= 15 is 0 Å². The minimum Gasteiger partial charge on any atom is -0.872 e. The van der Waals surface area contributed by atoms with Crippen LogP contribution in [0.15, 0.2) is 135 Å². The Kier molecular flexibility index (Phi) is 13.3. The molecule has 0 amide bonds. The average Bonchev–Trinajstić information content (AvgIpc) is 3.98. The van der Waals surface area contributed by atoms with Crippen molar-refractivity contribution < 1.29 is 51.7 Å². The van der Waals surface area contributed by atoms with Gasteiger partial charge in [-0.15, -0.1) is 40.8 Å². The second kappa shape index (κ2) is 17.5. The number of benzene rings is 3. The number of aromatic nitrogens is 9. The summed E-state index contributed by atoms with van der Waals surface area (Å²) in [5.74, 6) is 0.172. The van der Waals surface area contributed by atoms with E-state index in [1.807, 2.05) is 125 Å². The van der Waals surface area contributed by atoms with Crippen LogP contribution in [0.5, 0.6) is 5.75 Å². The Morgan fingerprint density at radius 3 is 1.52 bits per heavy atom. The monoisotopic (exact) mass is 847 g/mol. The Bertz CT molecular complexity index is 2260. The van der Waals surface area contributed by atoms with Crippen LogP contribution in [-0.4, -0.2) is 68.9 Å². The first-order valence-corrected chi connectivity index (χ1v) is 17.2. The second-order valence-electron chi connectivity index (χ2n) is 11.5. The number of hydrogen-bond donors (Lipinski definition) is 0. The molecule has 3 aromatic carbocycles. The summed E-state index contributed by atoms with van der Waals surface area (Å²) in [7, 11) is -6.09. The third-order valence-corrected chi connectivity index (χ3v) is 8.38. The summed E-state index contributed by atoms with van der Waals surface area (Å²) in [6.07, 6.45) is 16.3. The smallest absolute Gasteiger partial charge is 0.485 e. The standard InChI is InChI=1S/C13H8N.C12H12BN8.C9H12O.CHF3O3S.Pd/c1-2-6-12-10(4-1)7-8-11-5-3-9-14-13(11)12;1-5-14-18(9-1)13(19-10-2-6-15-19,20-11-3-7-16-20)21-12-4-8-17-21;1-6-4-7(2)9(10)8(3)5-6;2-1(3,4)8(5,6)7;/h1-5,7-9H;1-12H;4-5,10H,1-3H3;(H,5,6,7);/q2*-1;;;/p-2. The van der Waals surface area contributed by atoms with Gasteiger partial charge in [-0.05, 0) is 86.8 Å². The fraction of sp³-hybridized carbons (Fsp3) is 0.114. The molecule has 0 atom stereocenters. The van der Waals surface area contributed by atoms with Crippen LogP contribution in [-0.2, 0) is 30.5 Å². The molecular weight excluding hydrogens is 817 g/mol. The number of nitrogens with zero attached hydrogens (tertiary/aromatic N) is 9. The van der Waals surface area contributed by atoms with Crippen LogP contribution in [0.1, 0.15) is 16.7 Å². The van der Waals surface area contributed by atoms with E-state index in [4.69, 9.17) is 13.0 Å². The van der Waals surface area contributed by atoms with Crippen molar-refractivity contribution in [2.24, 2.45) is 0 Å². The number of hydrogen-bond acceptors (Lipinski definition) is 9. The first kappa shape index (κ1) is 41.2. The van der Waals surface area contributed by atoms with Crippen molar-refractivity contribution >= 4 is 38.5 Å². The maximum Gasteiger partial charge on any atom is 0.485 e. The summed E-state index contributed by atoms with van der Waals surface area (Å²) in [6.45, 7) is 3.87. The number of fused-ring (bicyclic) bond motifs is 3. The van der Waals surface area contributed by atoms with Gasteiger partial charge in [0, 0.05) is 51.4 Å². The van der Waals surface area contributed by atoms with Crippen LogP contribution in [0.3, 0.4) is 0 Å². The van der Waals surface area contributed by atoms with Gasteiger partial charge < -0.3 is 33.0 Å². The molecule has 5 heterocycles. The Morgan fingerprint density at radius 1 is 0.685 bits per heavy atom. The molecule has 0 radical (unpaired) electrons. The quantitative estimate of drug-likeness (QED) is 0.0750. The van der Waals surface area contributed by atoms with Crippen molar-refractivity contribution in [1.29, 1.82) is 0 Å². The zero-order valence-electron chi connectivity index (χ0n) is 28.8. The summed E-state index contributed by atoms with van der Waals surface area (Å²) >= 11 is 0. The van der Waals surface area contributed by atoms with E-state index < -0.39 is 22.3 Å². The van der Waals surface area contributed by atoms with Gasteiger partial charge in [0.05, 0.1) is 0 Å². The van der Waals surface area contributed by atoms with Gasteiger partial charge in [0.2, 0.25) is 0 Å². The molecule has 0 saturated heterocycles. The van der Waals surface area contributed by atoms with Gasteiger partial charge in [0.15, 0.2) is 10.1 Å². The van der Waals surface area contributed by atoms with Crippen LogP contribution in [0.25, 0.3) is 21.7 Å². The minimum absolute atomic E-state index is 0. The molecule has 13 nitrogen and oxygen atoms in total. The molecule has 0 N–H and O–H groups in total. The predicted molar refractivity (Wildman–Crippen MR) is 190 cm³/mol. The maximum absolute atomic E-state index is 11.1. The third-order valence-electron chi connectivity index (χ3n) is 7.81. The van der Waals surface area contributed by atoms with Crippen molar-refractivity contribution in [3.8, 4) is 5.75 Å². The van der Waals surface area contributed by atoms with Crippen molar-refractivity contribution in [3.05, 3.63) is 157 Å². The summed E-state index contributed by atoms with van der Waals surface area (Å²) < 4.78 is 66.2. The van der Waals surface area contributed by atoms with Crippen LogP contribution in [0, 0.1) is 26.8 Å². The number of alkyl halides is 3. The minimum atomic E-state index is -6.09. The van der Waals surface area contributed by atoms with Gasteiger partial charge in [-0.25, -0.2) is 28.8 Å². The summed E-state index contributed by atoms with van der Waals surface area (Å²) in [6, 6.07) is 28.8. The molecule has 54 heavy (non-hydrogen) atoms. The molecular formula is C35H31BF3N9O4PdS-4. The molecule has 19 heteroatoms. The van der Waals surface area contributed by atoms with E-state index in [0.717, 1.165) is 27.6 Å². The summed E-state index contributed by atoms with van der Waals surface area (Å²) in [4.78, 5) is 4.38. The Hall–Kier alpha value is -5.60. The fourth-order valence-corrected chi connectivity index (χ4v) is 5.57. The van der Waals surface area contributed by atoms with Crippen molar-refractivity contribution in [2.45, 2.75) is 26.3 Å². The average molecular weight is 848 g/mol. The molecule has 5 aromatic heterocycles. The van der Waals surface area contributed by atoms with Gasteiger partial charge in [0.1, 0.15) is 0 Å². The molecule has 0 bridgehead atoms. The van der Waals surface area contributed by atoms with E-state index in [1.165, 1.54) is 10.8 Å². The van der Waals surface area contributed by atoms with Crippen LogP contribution >= 0.6 is 0 Å². The van der Waals surface area contributed by atoms with E-state index in [2.05, 4.69) is 55.7 Å². The van der Waals surface area contributed by atoms with Crippen LogP contribution in [0.2, 0.25) is 0 Å². The van der Waals surface area contributed by atoms with Crippen LogP contribution < -0.4 is 5.11 Å². The maximum atomic E-state index is 11.1. The van der Waals surface area contributed by atoms with Crippen molar-refractivity contribution in [1.82, 2.24) is 43.7 Å². The van der Waals surface area contributed by atoms with Crippen LogP contribution in [0.4, 0.5) is 13.2 Å². The predicted octanol–water partition coefficient (Wildman–Crippen LogP) is 5.32. The number of pyridine rings is 1. The fourth-order valence-electron chi connectivity index (χ4n) is 5.57. The number of halogens is 3. The first-order chi connectivity index (χ1) is 25.2. The molecule has 284 valence electrons. The Morgan fingerprint density at radius 2 is 1.11 bits per heavy atom. The third kappa shape index (κ3) is 9.12. The van der Waals surface area contributed by atoms with Crippen molar-refractivity contribution in [2.75, 3.05) is 0 Å². The molecule has 0 saturated carbocycles. The Labute approximate surface area is 322 Å². The molecule has 0 aliphatic carbocycles. The topological polar surface area (TPSA) is 164 Å². The SMILES string of the molecule is Cc1cc(C)c([O-])c(C)c1.O=S(=O)([O-])C(F)(F)F.[Pd].[c-]1cccc2ccc3cccnc3c12.c1cnn([B-](n2cccn2)(n2cccn2)n2cccn2)c1. The number of aryl methyl sites for hydroxylation is 3. The van der Waals surface area contributed by atoms with E-state index in [-0.39, 0.29) is 26.2 Å². The number of rotatable bonds is 4. The summed E-state index contributed by atoms with van der Waals surface area (Å²) in [5.41, 5.74) is -1.76.